The number of hydrogen-bond acceptors (Lipinski definition) is 4. The molecule has 15 heavy (non-hydrogen) atoms. The van der Waals surface area contributed by atoms with E-state index in [2.05, 4.69) is 20.5 Å². The molecule has 1 aromatic rings. The Bertz CT molecular complexity index is 347. The lowest BCUT2D eigenvalue weighted by Crippen LogP contribution is -2.16. The van der Waals surface area contributed by atoms with Gasteiger partial charge in [-0.3, -0.25) is 5.10 Å². The zero-order chi connectivity index (χ0) is 10.3. The van der Waals surface area contributed by atoms with Crippen molar-refractivity contribution in [1.82, 2.24) is 20.5 Å². The zero-order valence-corrected chi connectivity index (χ0v) is 8.86. The molecule has 0 aromatic carbocycles. The molecule has 0 spiro atoms. The molecule has 0 radical (unpaired) electrons. The van der Waals surface area contributed by atoms with Gasteiger partial charge in [-0.15, -0.1) is 0 Å². The monoisotopic (exact) mass is 208 g/mol. The molecule has 82 valence electrons. The molecule has 1 saturated heterocycles. The van der Waals surface area contributed by atoms with Crippen LogP contribution in [0.4, 0.5) is 0 Å². The SMILES string of the molecule is CO[C@H]1CN[C@H](c2nc(C3CC3)n[nH]2)C1. The van der Waals surface area contributed by atoms with Crippen LogP contribution in [0.15, 0.2) is 0 Å². The molecule has 2 atom stereocenters. The number of aromatic amines is 1. The highest BCUT2D eigenvalue weighted by atomic mass is 16.5. The van der Waals surface area contributed by atoms with Gasteiger partial charge in [0.15, 0.2) is 5.82 Å². The highest BCUT2D eigenvalue weighted by molar-refractivity contribution is 5.08. The van der Waals surface area contributed by atoms with Gasteiger partial charge in [0.2, 0.25) is 0 Å². The lowest BCUT2D eigenvalue weighted by molar-refractivity contribution is 0.117. The molecule has 1 aromatic heterocycles. The van der Waals surface area contributed by atoms with Crippen molar-refractivity contribution < 1.29 is 4.74 Å². The summed E-state index contributed by atoms with van der Waals surface area (Å²) < 4.78 is 5.30. The molecular weight excluding hydrogens is 192 g/mol. The Hall–Kier alpha value is -0.940. The highest BCUT2D eigenvalue weighted by Crippen LogP contribution is 2.38. The molecule has 1 saturated carbocycles. The fourth-order valence-corrected chi connectivity index (χ4v) is 2.06. The molecular formula is C10H16N4O. The van der Waals surface area contributed by atoms with Crippen LogP contribution in [0, 0.1) is 0 Å². The van der Waals surface area contributed by atoms with Crippen LogP contribution in [0.25, 0.3) is 0 Å². The van der Waals surface area contributed by atoms with Crippen molar-refractivity contribution in [2.75, 3.05) is 13.7 Å². The van der Waals surface area contributed by atoms with Crippen molar-refractivity contribution >= 4 is 0 Å². The summed E-state index contributed by atoms with van der Waals surface area (Å²) in [5, 5.41) is 10.7. The molecule has 2 N–H and O–H groups in total. The maximum atomic E-state index is 5.30. The quantitative estimate of drug-likeness (QED) is 0.768. The summed E-state index contributed by atoms with van der Waals surface area (Å²) >= 11 is 0. The number of H-pyrrole nitrogens is 1. The zero-order valence-electron chi connectivity index (χ0n) is 8.86. The number of methoxy groups -OCH3 is 1. The molecule has 2 fully saturated rings. The molecule has 1 aliphatic heterocycles. The average molecular weight is 208 g/mol. The standard InChI is InChI=1S/C10H16N4O/c1-15-7-4-8(11-5-7)10-12-9(13-14-10)6-2-3-6/h6-8,11H,2-5H2,1H3,(H,12,13,14)/t7-,8+/m1/s1. The van der Waals surface area contributed by atoms with E-state index in [1.54, 1.807) is 7.11 Å². The summed E-state index contributed by atoms with van der Waals surface area (Å²) in [7, 11) is 1.75. The second-order valence-corrected chi connectivity index (χ2v) is 4.41. The Morgan fingerprint density at radius 1 is 1.40 bits per heavy atom. The van der Waals surface area contributed by atoms with E-state index < -0.39 is 0 Å². The molecule has 5 nitrogen and oxygen atoms in total. The van der Waals surface area contributed by atoms with Crippen LogP contribution < -0.4 is 5.32 Å². The maximum absolute atomic E-state index is 5.30. The largest absolute Gasteiger partial charge is 0.380 e. The van der Waals surface area contributed by atoms with E-state index in [-0.39, 0.29) is 6.04 Å². The van der Waals surface area contributed by atoms with Crippen LogP contribution >= 0.6 is 0 Å². The lowest BCUT2D eigenvalue weighted by atomic mass is 10.2. The summed E-state index contributed by atoms with van der Waals surface area (Å²) in [6.07, 6.45) is 3.78. The average Bonchev–Trinajstić information content (AvgIpc) is 2.84. The fraction of sp³-hybridized carbons (Fsp3) is 0.800. The molecule has 0 bridgehead atoms. The molecule has 0 amide bonds. The minimum Gasteiger partial charge on any atom is -0.380 e. The topological polar surface area (TPSA) is 62.8 Å². The number of nitrogens with one attached hydrogen (secondary N) is 2. The third-order valence-corrected chi connectivity index (χ3v) is 3.22. The van der Waals surface area contributed by atoms with Gasteiger partial charge >= 0.3 is 0 Å². The summed E-state index contributed by atoms with van der Waals surface area (Å²) in [5.74, 6) is 2.58. The van der Waals surface area contributed by atoms with Gasteiger partial charge < -0.3 is 10.1 Å². The normalized spacial score (nSPS) is 31.0. The smallest absolute Gasteiger partial charge is 0.153 e. The van der Waals surface area contributed by atoms with Crippen LogP contribution in [0.5, 0.6) is 0 Å². The van der Waals surface area contributed by atoms with Crippen molar-refractivity contribution in [2.24, 2.45) is 0 Å². The first-order valence-corrected chi connectivity index (χ1v) is 5.55. The first kappa shape index (κ1) is 9.30. The van der Waals surface area contributed by atoms with Crippen molar-refractivity contribution in [2.45, 2.75) is 37.3 Å². The van der Waals surface area contributed by atoms with E-state index >= 15 is 0 Å². The Kier molecular flexibility index (Phi) is 2.21. The molecule has 5 heteroatoms. The van der Waals surface area contributed by atoms with E-state index in [4.69, 9.17) is 4.74 Å². The summed E-state index contributed by atoms with van der Waals surface area (Å²) in [4.78, 5) is 4.54. The third kappa shape index (κ3) is 1.77. The molecule has 1 aliphatic carbocycles. The lowest BCUT2D eigenvalue weighted by Gasteiger charge is -2.05. The second kappa shape index (κ2) is 3.57. The second-order valence-electron chi connectivity index (χ2n) is 4.41. The van der Waals surface area contributed by atoms with E-state index in [0.717, 1.165) is 24.6 Å². The van der Waals surface area contributed by atoms with Crippen LogP contribution in [0.2, 0.25) is 0 Å². The number of ether oxygens (including phenoxy) is 1. The van der Waals surface area contributed by atoms with Gasteiger partial charge in [0.1, 0.15) is 5.82 Å². The van der Waals surface area contributed by atoms with Crippen LogP contribution in [-0.2, 0) is 4.74 Å². The number of nitrogens with zero attached hydrogens (tertiary/aromatic N) is 2. The van der Waals surface area contributed by atoms with Gasteiger partial charge in [-0.25, -0.2) is 4.98 Å². The highest BCUT2D eigenvalue weighted by Gasteiger charge is 2.31. The number of aromatic nitrogens is 3. The van der Waals surface area contributed by atoms with Gasteiger partial charge in [-0.2, -0.15) is 5.10 Å². The number of rotatable bonds is 3. The summed E-state index contributed by atoms with van der Waals surface area (Å²) in [6, 6.07) is 0.287. The van der Waals surface area contributed by atoms with Crippen molar-refractivity contribution in [3.8, 4) is 0 Å². The number of hydrogen-bond donors (Lipinski definition) is 2. The first-order chi connectivity index (χ1) is 7.36. The van der Waals surface area contributed by atoms with Crippen molar-refractivity contribution in [1.29, 1.82) is 0 Å². The maximum Gasteiger partial charge on any atom is 0.153 e. The van der Waals surface area contributed by atoms with E-state index in [1.807, 2.05) is 0 Å². The van der Waals surface area contributed by atoms with Gasteiger partial charge in [0.05, 0.1) is 12.1 Å². The fourth-order valence-electron chi connectivity index (χ4n) is 2.06. The Morgan fingerprint density at radius 3 is 2.93 bits per heavy atom. The Balaban J connectivity index is 1.70. The van der Waals surface area contributed by atoms with Gasteiger partial charge in [0.25, 0.3) is 0 Å². The minimum absolute atomic E-state index is 0.287. The van der Waals surface area contributed by atoms with Crippen molar-refractivity contribution in [3.63, 3.8) is 0 Å². The van der Waals surface area contributed by atoms with Gasteiger partial charge in [-0.05, 0) is 19.3 Å². The van der Waals surface area contributed by atoms with E-state index in [9.17, 15) is 0 Å². The molecule has 2 aliphatic rings. The summed E-state index contributed by atoms with van der Waals surface area (Å²) in [6.45, 7) is 0.903. The minimum atomic E-state index is 0.287. The molecule has 2 heterocycles. The van der Waals surface area contributed by atoms with E-state index in [0.29, 0.717) is 12.0 Å². The van der Waals surface area contributed by atoms with Crippen LogP contribution in [-0.4, -0.2) is 34.9 Å². The molecule has 3 rings (SSSR count). The predicted octanol–water partition coefficient (Wildman–Crippen LogP) is 0.732. The third-order valence-electron chi connectivity index (χ3n) is 3.22. The van der Waals surface area contributed by atoms with Crippen LogP contribution in [0.3, 0.4) is 0 Å². The van der Waals surface area contributed by atoms with Gasteiger partial charge in [-0.1, -0.05) is 0 Å². The van der Waals surface area contributed by atoms with Crippen LogP contribution in [0.1, 0.15) is 42.9 Å². The Labute approximate surface area is 88.6 Å². The molecule has 0 unspecified atom stereocenters. The van der Waals surface area contributed by atoms with Gasteiger partial charge in [0, 0.05) is 19.6 Å². The predicted molar refractivity (Wildman–Crippen MR) is 54.5 cm³/mol. The van der Waals surface area contributed by atoms with E-state index in [1.165, 1.54) is 12.8 Å². The Morgan fingerprint density at radius 2 is 2.27 bits per heavy atom. The first-order valence-electron chi connectivity index (χ1n) is 5.55. The summed E-state index contributed by atoms with van der Waals surface area (Å²) in [5.41, 5.74) is 0. The van der Waals surface area contributed by atoms with Crippen molar-refractivity contribution in [3.05, 3.63) is 11.6 Å².